The van der Waals surface area contributed by atoms with Gasteiger partial charge in [-0.2, -0.15) is 0 Å². The van der Waals surface area contributed by atoms with Crippen LogP contribution in [0.4, 0.5) is 0 Å². The highest BCUT2D eigenvalue weighted by Crippen LogP contribution is 2.25. The Morgan fingerprint density at radius 3 is 2.79 bits per heavy atom. The van der Waals surface area contributed by atoms with Crippen LogP contribution in [0.1, 0.15) is 54.7 Å². The molecule has 4 nitrogen and oxygen atoms in total. The highest BCUT2D eigenvalue weighted by atomic mass is 32.1. The molecule has 0 aromatic carbocycles. The molecule has 0 aliphatic carbocycles. The average molecular weight is 278 g/mol. The fraction of sp³-hybridized carbons (Fsp3) is 0.429. The predicted octanol–water partition coefficient (Wildman–Crippen LogP) is 3.52. The minimum Gasteiger partial charge on any atom is -0.459 e. The minimum atomic E-state index is -0.508. The Hall–Kier alpha value is -1.62. The highest BCUT2D eigenvalue weighted by Gasteiger charge is 2.28. The molecular formula is C14H18N2O2S. The second-order valence-electron chi connectivity index (χ2n) is 5.28. The van der Waals surface area contributed by atoms with Crippen molar-refractivity contribution in [2.24, 2.45) is 0 Å². The number of aromatic nitrogens is 1. The van der Waals surface area contributed by atoms with Gasteiger partial charge in [-0.05, 0) is 25.8 Å². The molecular weight excluding hydrogens is 260 g/mol. The van der Waals surface area contributed by atoms with Gasteiger partial charge >= 0.3 is 0 Å². The molecule has 0 saturated carbocycles. The molecule has 2 heterocycles. The number of nitrogens with zero attached hydrogens (tertiary/aromatic N) is 1. The second kappa shape index (κ2) is 5.17. The molecule has 2 rings (SSSR count). The smallest absolute Gasteiger partial charge is 0.288 e. The van der Waals surface area contributed by atoms with Crippen molar-refractivity contribution >= 4 is 17.2 Å². The Balaban J connectivity index is 2.19. The number of nitrogens with one attached hydrogen (secondary N) is 1. The molecule has 0 unspecified atom stereocenters. The molecule has 1 amide bonds. The third-order valence-corrected chi connectivity index (χ3v) is 4.01. The van der Waals surface area contributed by atoms with Gasteiger partial charge in [0.1, 0.15) is 5.01 Å². The summed E-state index contributed by atoms with van der Waals surface area (Å²) in [6.45, 7) is 7.94. The van der Waals surface area contributed by atoms with Crippen LogP contribution < -0.4 is 5.32 Å². The fourth-order valence-corrected chi connectivity index (χ4v) is 2.60. The first-order valence-electron chi connectivity index (χ1n) is 6.21. The lowest BCUT2D eigenvalue weighted by molar-refractivity contribution is 0.0881. The lowest BCUT2D eigenvalue weighted by Gasteiger charge is -2.23. The van der Waals surface area contributed by atoms with E-state index in [9.17, 15) is 4.79 Å². The van der Waals surface area contributed by atoms with Crippen LogP contribution in [0.5, 0.6) is 0 Å². The van der Waals surface area contributed by atoms with Crippen molar-refractivity contribution in [2.75, 3.05) is 0 Å². The summed E-state index contributed by atoms with van der Waals surface area (Å²) in [4.78, 5) is 16.6. The highest BCUT2D eigenvalue weighted by molar-refractivity contribution is 7.09. The van der Waals surface area contributed by atoms with E-state index in [1.165, 1.54) is 11.3 Å². The van der Waals surface area contributed by atoms with Crippen LogP contribution in [-0.2, 0) is 5.54 Å². The number of hydrogen-bond donors (Lipinski definition) is 1. The molecule has 0 bridgehead atoms. The van der Waals surface area contributed by atoms with Crippen molar-refractivity contribution < 1.29 is 9.21 Å². The summed E-state index contributed by atoms with van der Waals surface area (Å²) in [5.41, 5.74) is 0.416. The van der Waals surface area contributed by atoms with Gasteiger partial charge in [0.15, 0.2) is 5.76 Å². The molecule has 0 radical (unpaired) electrons. The topological polar surface area (TPSA) is 55.1 Å². The van der Waals surface area contributed by atoms with Gasteiger partial charge in [0.25, 0.3) is 5.91 Å². The molecule has 0 spiro atoms. The molecule has 0 saturated heterocycles. The molecule has 0 aliphatic rings. The number of furan rings is 1. The van der Waals surface area contributed by atoms with Crippen molar-refractivity contribution in [3.8, 4) is 0 Å². The lowest BCUT2D eigenvalue weighted by Crippen LogP contribution is -2.41. The minimum absolute atomic E-state index is 0.200. The standard InChI is InChI=1S/C14H18N2O2S/c1-9(2)10-5-7-18-11(10)12(17)16-14(3,4)13-15-6-8-19-13/h5-9H,1-4H3,(H,16,17). The number of carbonyl (C=O) groups excluding carboxylic acids is 1. The molecule has 0 fully saturated rings. The fourth-order valence-electron chi connectivity index (χ4n) is 1.88. The zero-order chi connectivity index (χ0) is 14.0. The normalized spacial score (nSPS) is 11.8. The maximum atomic E-state index is 12.3. The zero-order valence-electron chi connectivity index (χ0n) is 11.6. The van der Waals surface area contributed by atoms with E-state index in [4.69, 9.17) is 4.42 Å². The van der Waals surface area contributed by atoms with E-state index in [0.29, 0.717) is 5.76 Å². The third kappa shape index (κ3) is 2.87. The largest absolute Gasteiger partial charge is 0.459 e. The van der Waals surface area contributed by atoms with Crippen LogP contribution in [0.3, 0.4) is 0 Å². The van der Waals surface area contributed by atoms with E-state index < -0.39 is 5.54 Å². The summed E-state index contributed by atoms with van der Waals surface area (Å²) in [7, 11) is 0. The van der Waals surface area contributed by atoms with Crippen molar-refractivity contribution in [3.63, 3.8) is 0 Å². The number of carbonyl (C=O) groups is 1. The summed E-state index contributed by atoms with van der Waals surface area (Å²) < 4.78 is 5.32. The van der Waals surface area contributed by atoms with Crippen LogP contribution in [0.15, 0.2) is 28.3 Å². The molecule has 2 aromatic heterocycles. The van der Waals surface area contributed by atoms with Crippen molar-refractivity contribution in [2.45, 2.75) is 39.2 Å². The molecule has 5 heteroatoms. The van der Waals surface area contributed by atoms with Crippen molar-refractivity contribution in [1.29, 1.82) is 0 Å². The molecule has 19 heavy (non-hydrogen) atoms. The van der Waals surface area contributed by atoms with Gasteiger partial charge in [-0.3, -0.25) is 4.79 Å². The molecule has 0 atom stereocenters. The Bertz CT molecular complexity index is 556. The molecule has 102 valence electrons. The number of thiazole rings is 1. The van der Waals surface area contributed by atoms with Crippen LogP contribution in [0.2, 0.25) is 0 Å². The van der Waals surface area contributed by atoms with E-state index >= 15 is 0 Å². The maximum Gasteiger partial charge on any atom is 0.288 e. The summed E-state index contributed by atoms with van der Waals surface area (Å²) >= 11 is 1.52. The van der Waals surface area contributed by atoms with Crippen molar-refractivity contribution in [1.82, 2.24) is 10.3 Å². The SMILES string of the molecule is CC(C)c1ccoc1C(=O)NC(C)(C)c1nccs1. The molecule has 1 N–H and O–H groups in total. The van der Waals surface area contributed by atoms with Crippen LogP contribution in [-0.4, -0.2) is 10.9 Å². The van der Waals surface area contributed by atoms with Crippen molar-refractivity contribution in [3.05, 3.63) is 40.2 Å². The number of rotatable bonds is 4. The predicted molar refractivity (Wildman–Crippen MR) is 75.4 cm³/mol. The zero-order valence-corrected chi connectivity index (χ0v) is 12.4. The van der Waals surface area contributed by atoms with Gasteiger partial charge in [0, 0.05) is 17.1 Å². The Kier molecular flexibility index (Phi) is 3.75. The van der Waals surface area contributed by atoms with Crippen LogP contribution in [0, 0.1) is 0 Å². The first-order valence-corrected chi connectivity index (χ1v) is 7.09. The Morgan fingerprint density at radius 1 is 1.47 bits per heavy atom. The number of amides is 1. The maximum absolute atomic E-state index is 12.3. The van der Waals surface area contributed by atoms with Gasteiger partial charge in [-0.15, -0.1) is 11.3 Å². The van der Waals surface area contributed by atoms with Gasteiger partial charge in [0.05, 0.1) is 11.8 Å². The first kappa shape index (κ1) is 13.8. The Labute approximate surface area is 116 Å². The number of hydrogen-bond acceptors (Lipinski definition) is 4. The third-order valence-electron chi connectivity index (χ3n) is 2.92. The molecule has 0 aliphatic heterocycles. The van der Waals surface area contributed by atoms with E-state index in [1.807, 2.05) is 39.1 Å². The monoisotopic (exact) mass is 278 g/mol. The van der Waals surface area contributed by atoms with E-state index in [1.54, 1.807) is 12.5 Å². The summed E-state index contributed by atoms with van der Waals surface area (Å²) in [5, 5.41) is 5.74. The summed E-state index contributed by atoms with van der Waals surface area (Å²) in [6.07, 6.45) is 3.29. The van der Waals surface area contributed by atoms with Gasteiger partial charge in [-0.1, -0.05) is 13.8 Å². The first-order chi connectivity index (χ1) is 8.92. The summed E-state index contributed by atoms with van der Waals surface area (Å²) in [5.74, 6) is 0.441. The summed E-state index contributed by atoms with van der Waals surface area (Å²) in [6, 6.07) is 1.84. The quantitative estimate of drug-likeness (QED) is 0.931. The van der Waals surface area contributed by atoms with Crippen LogP contribution in [0.25, 0.3) is 0 Å². The van der Waals surface area contributed by atoms with Crippen LogP contribution >= 0.6 is 11.3 Å². The van der Waals surface area contributed by atoms with Gasteiger partial charge in [0.2, 0.25) is 0 Å². The van der Waals surface area contributed by atoms with Gasteiger partial charge < -0.3 is 9.73 Å². The van der Waals surface area contributed by atoms with Gasteiger partial charge in [-0.25, -0.2) is 4.98 Å². The second-order valence-corrected chi connectivity index (χ2v) is 6.17. The average Bonchev–Trinajstić information content (AvgIpc) is 3.00. The lowest BCUT2D eigenvalue weighted by atomic mass is 10.0. The van der Waals surface area contributed by atoms with E-state index in [0.717, 1.165) is 10.6 Å². The van der Waals surface area contributed by atoms with E-state index in [2.05, 4.69) is 10.3 Å². The Morgan fingerprint density at radius 2 is 2.21 bits per heavy atom. The molecule has 2 aromatic rings. The van der Waals surface area contributed by atoms with E-state index in [-0.39, 0.29) is 11.8 Å².